The minimum Gasteiger partial charge on any atom is -0.492 e. The van der Waals surface area contributed by atoms with Crippen molar-refractivity contribution in [2.75, 3.05) is 46.0 Å². The predicted molar refractivity (Wildman–Crippen MR) is 123 cm³/mol. The summed E-state index contributed by atoms with van der Waals surface area (Å²) >= 11 is 0. The Hall–Kier alpha value is -3.09. The van der Waals surface area contributed by atoms with E-state index in [1.807, 2.05) is 30.3 Å². The van der Waals surface area contributed by atoms with E-state index in [1.165, 1.54) is 0 Å². The number of nitrogens with zero attached hydrogens (tertiary/aromatic N) is 2. The highest BCUT2D eigenvalue weighted by Crippen LogP contribution is 2.26. The molecule has 1 saturated heterocycles. The Kier molecular flexibility index (Phi) is 7.81. The Morgan fingerprint density at radius 2 is 2.03 bits per heavy atom. The molecule has 2 fully saturated rings. The van der Waals surface area contributed by atoms with E-state index >= 15 is 0 Å². The van der Waals surface area contributed by atoms with Crippen molar-refractivity contribution in [2.24, 2.45) is 5.92 Å². The summed E-state index contributed by atoms with van der Waals surface area (Å²) in [6.45, 7) is 4.82. The van der Waals surface area contributed by atoms with E-state index in [2.05, 4.69) is 20.5 Å². The lowest BCUT2D eigenvalue weighted by Crippen LogP contribution is -2.48. The Labute approximate surface area is 193 Å². The maximum Gasteiger partial charge on any atom is 0.267 e. The van der Waals surface area contributed by atoms with Gasteiger partial charge in [0.25, 0.3) is 5.91 Å². The smallest absolute Gasteiger partial charge is 0.267 e. The third kappa shape index (κ3) is 6.03. The molecule has 2 heterocycles. The molecule has 33 heavy (non-hydrogen) atoms. The number of hydrogen-bond donors (Lipinski definition) is 3. The standard InChI is InChI=1S/C24H31N5O4/c25-7-8-26-23(30)19-3-1-2-4-20(19)28-24(31)22-15-17-5-6-18(16-21(17)27-22)33-14-11-29-9-12-32-13-10-29/h5-6,15-16,19-20,27H,1-4,8-14H2,(H,26,30)(H,28,31)/t19-,20+/m1/s1. The molecule has 0 radical (unpaired) electrons. The van der Waals surface area contributed by atoms with Crippen LogP contribution in [-0.2, 0) is 9.53 Å². The van der Waals surface area contributed by atoms with Crippen LogP contribution in [0, 0.1) is 17.2 Å². The number of ether oxygens (including phenoxy) is 2. The van der Waals surface area contributed by atoms with E-state index < -0.39 is 0 Å². The highest BCUT2D eigenvalue weighted by molar-refractivity contribution is 5.98. The van der Waals surface area contributed by atoms with Crippen LogP contribution >= 0.6 is 0 Å². The molecule has 2 atom stereocenters. The molecule has 1 aliphatic heterocycles. The first-order valence-corrected chi connectivity index (χ1v) is 11.7. The normalized spacial score (nSPS) is 21.3. The van der Waals surface area contributed by atoms with Gasteiger partial charge in [-0.15, -0.1) is 0 Å². The molecule has 3 N–H and O–H groups in total. The van der Waals surface area contributed by atoms with Crippen molar-refractivity contribution in [3.05, 3.63) is 30.0 Å². The second kappa shape index (κ2) is 11.2. The summed E-state index contributed by atoms with van der Waals surface area (Å²) in [6.07, 6.45) is 3.36. The fourth-order valence-corrected chi connectivity index (χ4v) is 4.56. The molecule has 0 spiro atoms. The van der Waals surface area contributed by atoms with E-state index in [4.69, 9.17) is 14.7 Å². The molecule has 1 aliphatic carbocycles. The van der Waals surface area contributed by atoms with Crippen LogP contribution in [0.15, 0.2) is 24.3 Å². The number of carbonyl (C=O) groups is 2. The highest BCUT2D eigenvalue weighted by atomic mass is 16.5. The highest BCUT2D eigenvalue weighted by Gasteiger charge is 2.32. The van der Waals surface area contributed by atoms with Crippen LogP contribution in [0.4, 0.5) is 0 Å². The summed E-state index contributed by atoms with van der Waals surface area (Å²) in [7, 11) is 0. The van der Waals surface area contributed by atoms with Crippen LogP contribution in [0.25, 0.3) is 10.9 Å². The minimum atomic E-state index is -0.313. The summed E-state index contributed by atoms with van der Waals surface area (Å²) in [5, 5.41) is 15.3. The fraction of sp³-hybridized carbons (Fsp3) is 0.542. The lowest BCUT2D eigenvalue weighted by Gasteiger charge is -2.30. The molecule has 0 unspecified atom stereocenters. The largest absolute Gasteiger partial charge is 0.492 e. The van der Waals surface area contributed by atoms with Crippen molar-refractivity contribution >= 4 is 22.7 Å². The lowest BCUT2D eigenvalue weighted by atomic mass is 9.83. The number of nitriles is 1. The van der Waals surface area contributed by atoms with E-state index in [-0.39, 0.29) is 30.3 Å². The summed E-state index contributed by atoms with van der Waals surface area (Å²) < 4.78 is 11.3. The maximum atomic E-state index is 12.9. The molecule has 9 heteroatoms. The van der Waals surface area contributed by atoms with Gasteiger partial charge in [0, 0.05) is 42.6 Å². The first kappa shape index (κ1) is 23.1. The van der Waals surface area contributed by atoms with Gasteiger partial charge in [0.1, 0.15) is 24.6 Å². The number of rotatable bonds is 8. The van der Waals surface area contributed by atoms with Crippen LogP contribution in [0.3, 0.4) is 0 Å². The van der Waals surface area contributed by atoms with Gasteiger partial charge in [-0.2, -0.15) is 5.26 Å². The molecule has 1 aromatic carbocycles. The Morgan fingerprint density at radius 1 is 1.21 bits per heavy atom. The number of carbonyl (C=O) groups excluding carboxylic acids is 2. The minimum absolute atomic E-state index is 0.0190. The number of nitrogens with one attached hydrogen (secondary N) is 3. The van der Waals surface area contributed by atoms with E-state index in [1.54, 1.807) is 0 Å². The van der Waals surface area contributed by atoms with Gasteiger partial charge in [-0.05, 0) is 31.0 Å². The fourth-order valence-electron chi connectivity index (χ4n) is 4.56. The zero-order chi connectivity index (χ0) is 23.0. The number of benzene rings is 1. The number of fused-ring (bicyclic) bond motifs is 1. The van der Waals surface area contributed by atoms with E-state index in [0.29, 0.717) is 18.7 Å². The van der Waals surface area contributed by atoms with Crippen molar-refractivity contribution < 1.29 is 19.1 Å². The molecule has 2 amide bonds. The molecule has 9 nitrogen and oxygen atoms in total. The summed E-state index contributed by atoms with van der Waals surface area (Å²) in [6, 6.07) is 9.25. The summed E-state index contributed by atoms with van der Waals surface area (Å²) in [5.74, 6) is 0.0426. The second-order valence-corrected chi connectivity index (χ2v) is 8.58. The number of aromatic nitrogens is 1. The molecule has 4 rings (SSSR count). The van der Waals surface area contributed by atoms with Gasteiger partial charge >= 0.3 is 0 Å². The summed E-state index contributed by atoms with van der Waals surface area (Å²) in [5.41, 5.74) is 1.29. The van der Waals surface area contributed by atoms with Gasteiger partial charge in [-0.25, -0.2) is 0 Å². The van der Waals surface area contributed by atoms with Crippen LogP contribution < -0.4 is 15.4 Å². The van der Waals surface area contributed by atoms with Crippen molar-refractivity contribution in [3.63, 3.8) is 0 Å². The Bertz CT molecular complexity index is 1010. The van der Waals surface area contributed by atoms with Gasteiger partial charge in [0.2, 0.25) is 5.91 Å². The van der Waals surface area contributed by atoms with Gasteiger partial charge in [0.05, 0.1) is 25.2 Å². The SMILES string of the molecule is N#CCNC(=O)[C@@H]1CCCC[C@@H]1NC(=O)c1cc2ccc(OCCN3CCOCC3)cc2[nH]1. The molecule has 0 bridgehead atoms. The molecule has 2 aromatic rings. The average Bonchev–Trinajstić information content (AvgIpc) is 3.27. The molecule has 1 saturated carbocycles. The topological polar surface area (TPSA) is 119 Å². The monoisotopic (exact) mass is 453 g/mol. The van der Waals surface area contributed by atoms with Gasteiger partial charge in [0.15, 0.2) is 0 Å². The lowest BCUT2D eigenvalue weighted by molar-refractivity contribution is -0.126. The second-order valence-electron chi connectivity index (χ2n) is 8.58. The number of amides is 2. The van der Waals surface area contributed by atoms with E-state index in [9.17, 15) is 9.59 Å². The number of hydrogen-bond acceptors (Lipinski definition) is 6. The van der Waals surface area contributed by atoms with Crippen LogP contribution in [-0.4, -0.2) is 73.7 Å². The quantitative estimate of drug-likeness (QED) is 0.525. The van der Waals surface area contributed by atoms with Gasteiger partial charge in [-0.3, -0.25) is 14.5 Å². The molecular weight excluding hydrogens is 422 g/mol. The van der Waals surface area contributed by atoms with Gasteiger partial charge < -0.3 is 25.1 Å². The number of morpholine rings is 1. The number of H-pyrrole nitrogens is 1. The number of aromatic amines is 1. The maximum absolute atomic E-state index is 12.9. The first-order valence-electron chi connectivity index (χ1n) is 11.7. The zero-order valence-electron chi connectivity index (χ0n) is 18.8. The van der Waals surface area contributed by atoms with Crippen LogP contribution in [0.5, 0.6) is 5.75 Å². The molecule has 2 aliphatic rings. The van der Waals surface area contributed by atoms with Crippen molar-refractivity contribution in [3.8, 4) is 11.8 Å². The predicted octanol–water partition coefficient (Wildman–Crippen LogP) is 1.81. The van der Waals surface area contributed by atoms with Crippen LogP contribution in [0.2, 0.25) is 0 Å². The van der Waals surface area contributed by atoms with Crippen LogP contribution in [0.1, 0.15) is 36.2 Å². The van der Waals surface area contributed by atoms with Gasteiger partial charge in [-0.1, -0.05) is 12.8 Å². The van der Waals surface area contributed by atoms with Crippen molar-refractivity contribution in [1.29, 1.82) is 5.26 Å². The van der Waals surface area contributed by atoms with Crippen molar-refractivity contribution in [1.82, 2.24) is 20.5 Å². The molecular formula is C24H31N5O4. The third-order valence-corrected chi connectivity index (χ3v) is 6.38. The Balaban J connectivity index is 1.35. The third-order valence-electron chi connectivity index (χ3n) is 6.38. The molecule has 176 valence electrons. The summed E-state index contributed by atoms with van der Waals surface area (Å²) in [4.78, 5) is 30.8. The zero-order valence-corrected chi connectivity index (χ0v) is 18.8. The van der Waals surface area contributed by atoms with E-state index in [0.717, 1.165) is 68.8 Å². The molecule has 1 aromatic heterocycles. The average molecular weight is 454 g/mol. The first-order chi connectivity index (χ1) is 16.1. The Morgan fingerprint density at radius 3 is 2.85 bits per heavy atom. The van der Waals surface area contributed by atoms with Crippen molar-refractivity contribution in [2.45, 2.75) is 31.7 Å².